The molecule has 92 valence electrons. The minimum atomic E-state index is -0.482. The van der Waals surface area contributed by atoms with E-state index in [0.717, 1.165) is 12.8 Å². The van der Waals surface area contributed by atoms with Gasteiger partial charge in [-0.05, 0) is 37.3 Å². The Morgan fingerprint density at radius 2 is 2.18 bits per heavy atom. The number of phenols is 1. The summed E-state index contributed by atoms with van der Waals surface area (Å²) in [6.07, 6.45) is 2.29. The second-order valence-electron chi connectivity index (χ2n) is 4.98. The molecule has 1 atom stereocenters. The van der Waals surface area contributed by atoms with Crippen LogP contribution in [-0.4, -0.2) is 16.1 Å². The summed E-state index contributed by atoms with van der Waals surface area (Å²) in [4.78, 5) is 10.4. The lowest BCUT2D eigenvalue weighted by atomic mass is 10.0. The van der Waals surface area contributed by atoms with Crippen molar-refractivity contribution in [3.05, 3.63) is 28.3 Å². The maximum Gasteiger partial charge on any atom is 0.296 e. The van der Waals surface area contributed by atoms with Crippen LogP contribution in [0.2, 0.25) is 0 Å². The van der Waals surface area contributed by atoms with Crippen LogP contribution in [0.25, 0.3) is 0 Å². The van der Waals surface area contributed by atoms with Crippen LogP contribution >= 0.6 is 0 Å². The molecule has 0 radical (unpaired) electrons. The van der Waals surface area contributed by atoms with Gasteiger partial charge in [0.1, 0.15) is 11.4 Å². The average Bonchev–Trinajstić information content (AvgIpc) is 3.00. The van der Waals surface area contributed by atoms with Gasteiger partial charge in [0.05, 0.1) is 11.0 Å². The zero-order chi connectivity index (χ0) is 12.6. The van der Waals surface area contributed by atoms with E-state index >= 15 is 0 Å². The van der Waals surface area contributed by atoms with Crippen molar-refractivity contribution in [3.63, 3.8) is 0 Å². The fourth-order valence-corrected chi connectivity index (χ4v) is 1.83. The fraction of sp³-hybridized carbons (Fsp3) is 0.500. The summed E-state index contributed by atoms with van der Waals surface area (Å²) >= 11 is 0. The third-order valence-corrected chi connectivity index (χ3v) is 3.63. The maximum atomic E-state index is 10.9. The Morgan fingerprint density at radius 1 is 1.53 bits per heavy atom. The molecule has 1 unspecified atom stereocenters. The van der Waals surface area contributed by atoms with Crippen LogP contribution < -0.4 is 5.32 Å². The second-order valence-corrected chi connectivity index (χ2v) is 4.98. The highest BCUT2D eigenvalue weighted by Gasteiger charge is 2.42. The first-order valence-corrected chi connectivity index (χ1v) is 5.66. The number of nitro benzene ring substituents is 1. The molecule has 1 fully saturated rings. The standard InChI is InChI=1S/C12H16N2O3/c1-8(12(2)5-6-12)13-10-4-3-9(15)7-11(10)14(16)17/h3-4,7-8,13,15H,5-6H2,1-2H3. The summed E-state index contributed by atoms with van der Waals surface area (Å²) in [6, 6.07) is 4.36. The Morgan fingerprint density at radius 3 is 2.71 bits per heavy atom. The number of rotatable bonds is 4. The number of hydrogen-bond acceptors (Lipinski definition) is 4. The Labute approximate surface area is 99.6 Å². The first kappa shape index (κ1) is 11.7. The third kappa shape index (κ3) is 2.33. The highest BCUT2D eigenvalue weighted by atomic mass is 16.6. The lowest BCUT2D eigenvalue weighted by Gasteiger charge is -2.21. The second kappa shape index (κ2) is 3.91. The van der Waals surface area contributed by atoms with Gasteiger partial charge in [-0.15, -0.1) is 0 Å². The quantitative estimate of drug-likeness (QED) is 0.479. The van der Waals surface area contributed by atoms with Crippen LogP contribution in [0.15, 0.2) is 18.2 Å². The van der Waals surface area contributed by atoms with Crippen LogP contribution in [0.1, 0.15) is 26.7 Å². The van der Waals surface area contributed by atoms with Gasteiger partial charge in [-0.2, -0.15) is 0 Å². The van der Waals surface area contributed by atoms with Crippen molar-refractivity contribution in [3.8, 4) is 5.75 Å². The van der Waals surface area contributed by atoms with E-state index in [1.54, 1.807) is 6.07 Å². The molecule has 0 heterocycles. The van der Waals surface area contributed by atoms with Crippen molar-refractivity contribution in [2.24, 2.45) is 5.41 Å². The Kier molecular flexibility index (Phi) is 2.69. The average molecular weight is 236 g/mol. The number of phenolic OH excluding ortho intramolecular Hbond substituents is 1. The number of benzene rings is 1. The van der Waals surface area contributed by atoms with E-state index < -0.39 is 4.92 Å². The zero-order valence-electron chi connectivity index (χ0n) is 9.93. The van der Waals surface area contributed by atoms with Gasteiger partial charge in [0.2, 0.25) is 0 Å². The Balaban J connectivity index is 2.23. The summed E-state index contributed by atoms with van der Waals surface area (Å²) < 4.78 is 0. The summed E-state index contributed by atoms with van der Waals surface area (Å²) in [7, 11) is 0. The Hall–Kier alpha value is -1.78. The molecule has 2 N–H and O–H groups in total. The van der Waals surface area contributed by atoms with Gasteiger partial charge in [-0.1, -0.05) is 6.92 Å². The van der Waals surface area contributed by atoms with Gasteiger partial charge in [-0.3, -0.25) is 10.1 Å². The van der Waals surface area contributed by atoms with Crippen molar-refractivity contribution in [1.29, 1.82) is 0 Å². The number of nitro groups is 1. The van der Waals surface area contributed by atoms with Crippen molar-refractivity contribution in [1.82, 2.24) is 0 Å². The van der Waals surface area contributed by atoms with E-state index in [4.69, 9.17) is 0 Å². The highest BCUT2D eigenvalue weighted by molar-refractivity contribution is 5.64. The number of nitrogens with one attached hydrogen (secondary N) is 1. The first-order chi connectivity index (χ1) is 7.92. The normalized spacial score (nSPS) is 18.5. The van der Waals surface area contributed by atoms with Crippen LogP contribution in [0.3, 0.4) is 0 Å². The molecule has 1 saturated carbocycles. The predicted octanol–water partition coefficient (Wildman–Crippen LogP) is 2.90. The van der Waals surface area contributed by atoms with Crippen LogP contribution in [0.5, 0.6) is 5.75 Å². The molecule has 5 nitrogen and oxygen atoms in total. The SMILES string of the molecule is CC(Nc1ccc(O)cc1[N+](=O)[O-])C1(C)CC1. The molecular formula is C12H16N2O3. The van der Waals surface area contributed by atoms with Crippen molar-refractivity contribution in [2.75, 3.05) is 5.32 Å². The molecule has 0 aliphatic heterocycles. The molecule has 0 bridgehead atoms. The van der Waals surface area contributed by atoms with Gasteiger partial charge in [0.15, 0.2) is 0 Å². The first-order valence-electron chi connectivity index (χ1n) is 5.66. The van der Waals surface area contributed by atoms with Gasteiger partial charge >= 0.3 is 0 Å². The van der Waals surface area contributed by atoms with Crippen molar-refractivity contribution >= 4 is 11.4 Å². The fourth-order valence-electron chi connectivity index (χ4n) is 1.83. The number of aromatic hydroxyl groups is 1. The minimum absolute atomic E-state index is 0.0823. The van der Waals surface area contributed by atoms with Gasteiger partial charge in [-0.25, -0.2) is 0 Å². The highest BCUT2D eigenvalue weighted by Crippen LogP contribution is 2.49. The van der Waals surface area contributed by atoms with E-state index in [0.29, 0.717) is 5.69 Å². The Bertz CT molecular complexity index is 455. The molecule has 5 heteroatoms. The molecule has 1 aliphatic rings. The van der Waals surface area contributed by atoms with Crippen LogP contribution in [0.4, 0.5) is 11.4 Å². The summed E-state index contributed by atoms with van der Waals surface area (Å²) in [5, 5.41) is 23.3. The molecule has 0 spiro atoms. The number of nitrogens with zero attached hydrogens (tertiary/aromatic N) is 1. The molecular weight excluding hydrogens is 220 g/mol. The zero-order valence-corrected chi connectivity index (χ0v) is 9.93. The third-order valence-electron chi connectivity index (χ3n) is 3.63. The molecule has 1 aromatic rings. The van der Waals surface area contributed by atoms with E-state index in [1.807, 2.05) is 6.92 Å². The maximum absolute atomic E-state index is 10.9. The molecule has 1 aromatic carbocycles. The van der Waals surface area contributed by atoms with Gasteiger partial charge < -0.3 is 10.4 Å². The molecule has 2 rings (SSSR count). The topological polar surface area (TPSA) is 75.4 Å². The predicted molar refractivity (Wildman–Crippen MR) is 65.2 cm³/mol. The van der Waals surface area contributed by atoms with Crippen LogP contribution in [0, 0.1) is 15.5 Å². The minimum Gasteiger partial charge on any atom is -0.508 e. The van der Waals surface area contributed by atoms with E-state index in [2.05, 4.69) is 12.2 Å². The lowest BCUT2D eigenvalue weighted by molar-refractivity contribution is -0.384. The number of anilines is 1. The summed E-state index contributed by atoms with van der Waals surface area (Å²) in [6.45, 7) is 4.19. The van der Waals surface area contributed by atoms with Crippen molar-refractivity contribution < 1.29 is 10.0 Å². The largest absolute Gasteiger partial charge is 0.508 e. The molecule has 0 saturated heterocycles. The molecule has 0 aromatic heterocycles. The smallest absolute Gasteiger partial charge is 0.296 e. The van der Waals surface area contributed by atoms with E-state index in [9.17, 15) is 15.2 Å². The monoisotopic (exact) mass is 236 g/mol. The molecule has 17 heavy (non-hydrogen) atoms. The molecule has 1 aliphatic carbocycles. The van der Waals surface area contributed by atoms with Crippen molar-refractivity contribution in [2.45, 2.75) is 32.7 Å². The van der Waals surface area contributed by atoms with Gasteiger partial charge in [0, 0.05) is 6.04 Å². The van der Waals surface area contributed by atoms with Gasteiger partial charge in [0.25, 0.3) is 5.69 Å². The summed E-state index contributed by atoms with van der Waals surface area (Å²) in [5.41, 5.74) is 0.626. The van der Waals surface area contributed by atoms with E-state index in [1.165, 1.54) is 12.1 Å². The lowest BCUT2D eigenvalue weighted by Crippen LogP contribution is -2.25. The van der Waals surface area contributed by atoms with Crippen LogP contribution in [-0.2, 0) is 0 Å². The summed E-state index contributed by atoms with van der Waals surface area (Å²) in [5.74, 6) is -0.0902. The van der Waals surface area contributed by atoms with E-state index in [-0.39, 0.29) is 22.9 Å². The molecule has 0 amide bonds. The number of hydrogen-bond donors (Lipinski definition) is 2.